The normalized spacial score (nSPS) is 9.96. The fraction of sp³-hybridized carbons (Fsp3) is 0.222. The van der Waals surface area contributed by atoms with Gasteiger partial charge in [-0.3, -0.25) is 4.79 Å². The number of anilines is 1. The van der Waals surface area contributed by atoms with Gasteiger partial charge in [0.25, 0.3) is 0 Å². The van der Waals surface area contributed by atoms with Crippen molar-refractivity contribution in [3.05, 3.63) is 54.1 Å². The van der Waals surface area contributed by atoms with Crippen LogP contribution in [0.25, 0.3) is 0 Å². The second-order valence-electron chi connectivity index (χ2n) is 5.07. The number of carboxylic acid groups (broad SMARTS) is 1. The molecule has 2 aromatic carbocycles. The van der Waals surface area contributed by atoms with Crippen LogP contribution >= 0.6 is 0 Å². The molecule has 7 heteroatoms. The first-order valence-corrected chi connectivity index (χ1v) is 7.78. The lowest BCUT2D eigenvalue weighted by atomic mass is 10.1. The van der Waals surface area contributed by atoms with Crippen molar-refractivity contribution >= 4 is 17.7 Å². The number of hydrogen-bond acceptors (Lipinski definition) is 4. The monoisotopic (exact) mass is 344 g/mol. The summed E-state index contributed by atoms with van der Waals surface area (Å²) in [5.74, 6) is 0.256. The Balaban J connectivity index is 1.80. The van der Waals surface area contributed by atoms with Gasteiger partial charge in [-0.1, -0.05) is 24.3 Å². The van der Waals surface area contributed by atoms with E-state index < -0.39 is 12.0 Å². The number of amides is 2. The molecule has 2 rings (SSSR count). The maximum absolute atomic E-state index is 11.8. The zero-order valence-electron chi connectivity index (χ0n) is 13.8. The molecular formula is C18H20N2O5. The molecule has 2 aromatic rings. The van der Waals surface area contributed by atoms with Crippen molar-refractivity contribution < 1.29 is 24.2 Å². The molecule has 0 aliphatic rings. The van der Waals surface area contributed by atoms with Gasteiger partial charge in [0.05, 0.1) is 13.0 Å². The average molecular weight is 344 g/mol. The summed E-state index contributed by atoms with van der Waals surface area (Å²) in [7, 11) is 0. The van der Waals surface area contributed by atoms with Crippen molar-refractivity contribution in [3.63, 3.8) is 0 Å². The third-order valence-corrected chi connectivity index (χ3v) is 3.18. The Labute approximate surface area is 145 Å². The molecule has 0 aliphatic carbocycles. The lowest BCUT2D eigenvalue weighted by molar-refractivity contribution is -0.136. The second kappa shape index (κ2) is 9.17. The van der Waals surface area contributed by atoms with E-state index in [0.717, 1.165) is 0 Å². The molecule has 0 fully saturated rings. The van der Waals surface area contributed by atoms with Crippen molar-refractivity contribution in [3.8, 4) is 11.5 Å². The number of rotatable bonds is 8. The third-order valence-electron chi connectivity index (χ3n) is 3.18. The summed E-state index contributed by atoms with van der Waals surface area (Å²) in [4.78, 5) is 22.5. The number of aliphatic carboxylic acids is 1. The van der Waals surface area contributed by atoms with Crippen molar-refractivity contribution in [1.82, 2.24) is 5.32 Å². The standard InChI is InChI=1S/C18H20N2O5/c1-2-24-15-5-3-4-6-16(15)25-12-19-18(23)20-14-9-7-13(8-10-14)11-17(21)22/h3-10H,2,11-12H2,1H3,(H,21,22)(H2,19,20,23). The van der Waals surface area contributed by atoms with Crippen LogP contribution in [0.4, 0.5) is 10.5 Å². The number of carbonyl (C=O) groups excluding carboxylic acids is 1. The fourth-order valence-electron chi connectivity index (χ4n) is 2.08. The summed E-state index contributed by atoms with van der Waals surface area (Å²) in [5, 5.41) is 13.9. The Morgan fingerprint density at radius 3 is 2.24 bits per heavy atom. The van der Waals surface area contributed by atoms with Crippen LogP contribution in [0.15, 0.2) is 48.5 Å². The van der Waals surface area contributed by atoms with Crippen LogP contribution in [0.2, 0.25) is 0 Å². The number of nitrogens with one attached hydrogen (secondary N) is 2. The van der Waals surface area contributed by atoms with Crippen LogP contribution in [0.3, 0.4) is 0 Å². The zero-order chi connectivity index (χ0) is 18.1. The summed E-state index contributed by atoms with van der Waals surface area (Å²) < 4.78 is 10.9. The van der Waals surface area contributed by atoms with E-state index in [9.17, 15) is 9.59 Å². The molecule has 0 atom stereocenters. The first kappa shape index (κ1) is 18.1. The van der Waals surface area contributed by atoms with Crippen molar-refractivity contribution in [2.24, 2.45) is 0 Å². The maximum Gasteiger partial charge on any atom is 0.321 e. The lowest BCUT2D eigenvalue weighted by Crippen LogP contribution is -2.32. The third kappa shape index (κ3) is 6.06. The van der Waals surface area contributed by atoms with Crippen molar-refractivity contribution in [2.75, 3.05) is 18.7 Å². The van der Waals surface area contributed by atoms with Crippen LogP contribution in [-0.4, -0.2) is 30.4 Å². The number of hydrogen-bond donors (Lipinski definition) is 3. The molecule has 7 nitrogen and oxygen atoms in total. The van der Waals surface area contributed by atoms with Gasteiger partial charge in [-0.2, -0.15) is 0 Å². The van der Waals surface area contributed by atoms with Crippen LogP contribution in [0, 0.1) is 0 Å². The molecule has 2 amide bonds. The summed E-state index contributed by atoms with van der Waals surface area (Å²) in [6.45, 7) is 2.38. The highest BCUT2D eigenvalue weighted by Crippen LogP contribution is 2.25. The largest absolute Gasteiger partial charge is 0.490 e. The second-order valence-corrected chi connectivity index (χ2v) is 5.07. The van der Waals surface area contributed by atoms with Gasteiger partial charge in [0.1, 0.15) is 0 Å². The van der Waals surface area contributed by atoms with Crippen molar-refractivity contribution in [2.45, 2.75) is 13.3 Å². The summed E-state index contributed by atoms with van der Waals surface area (Å²) in [6, 6.07) is 13.4. The van der Waals surface area contributed by atoms with E-state index in [1.54, 1.807) is 36.4 Å². The van der Waals surface area contributed by atoms with Crippen LogP contribution in [0.5, 0.6) is 11.5 Å². The molecule has 3 N–H and O–H groups in total. The molecular weight excluding hydrogens is 324 g/mol. The molecule has 0 bridgehead atoms. The van der Waals surface area contributed by atoms with Crippen LogP contribution < -0.4 is 20.1 Å². The fourth-order valence-corrected chi connectivity index (χ4v) is 2.08. The van der Waals surface area contributed by atoms with Gasteiger partial charge in [-0.05, 0) is 36.8 Å². The molecule has 0 spiro atoms. The smallest absolute Gasteiger partial charge is 0.321 e. The SMILES string of the molecule is CCOc1ccccc1OCNC(=O)Nc1ccc(CC(=O)O)cc1. The molecule has 0 saturated heterocycles. The Morgan fingerprint density at radius 1 is 1.00 bits per heavy atom. The number of benzene rings is 2. The van der Waals surface area contributed by atoms with Crippen LogP contribution in [-0.2, 0) is 11.2 Å². The lowest BCUT2D eigenvalue weighted by Gasteiger charge is -2.12. The van der Waals surface area contributed by atoms with Gasteiger partial charge in [0.15, 0.2) is 18.2 Å². The molecule has 0 aliphatic heterocycles. The van der Waals surface area contributed by atoms with E-state index >= 15 is 0 Å². The molecule has 0 radical (unpaired) electrons. The van der Waals surface area contributed by atoms with E-state index in [-0.39, 0.29) is 13.2 Å². The number of para-hydroxylation sites is 2. The quantitative estimate of drug-likeness (QED) is 0.640. The topological polar surface area (TPSA) is 96.9 Å². The number of carbonyl (C=O) groups is 2. The van der Waals surface area contributed by atoms with E-state index in [4.69, 9.17) is 14.6 Å². The summed E-state index contributed by atoms with van der Waals surface area (Å²) >= 11 is 0. The first-order chi connectivity index (χ1) is 12.1. The summed E-state index contributed by atoms with van der Waals surface area (Å²) in [6.07, 6.45) is -0.0560. The first-order valence-electron chi connectivity index (χ1n) is 7.78. The van der Waals surface area contributed by atoms with Gasteiger partial charge in [0, 0.05) is 5.69 Å². The van der Waals surface area contributed by atoms with E-state index in [2.05, 4.69) is 10.6 Å². The highest BCUT2D eigenvalue weighted by atomic mass is 16.5. The molecule has 0 heterocycles. The minimum absolute atomic E-state index is 0.0208. The Kier molecular flexibility index (Phi) is 6.65. The predicted octanol–water partition coefficient (Wildman–Crippen LogP) is 2.87. The van der Waals surface area contributed by atoms with Gasteiger partial charge in [-0.25, -0.2) is 4.79 Å². The van der Waals surface area contributed by atoms with Gasteiger partial charge >= 0.3 is 12.0 Å². The number of ether oxygens (including phenoxy) is 2. The predicted molar refractivity (Wildman–Crippen MR) is 93.0 cm³/mol. The maximum atomic E-state index is 11.8. The van der Waals surface area contributed by atoms with Gasteiger partial charge in [0.2, 0.25) is 0 Å². The van der Waals surface area contributed by atoms with E-state index in [1.807, 2.05) is 19.1 Å². The Bertz CT molecular complexity index is 716. The molecule has 0 aromatic heterocycles. The Morgan fingerprint density at radius 2 is 1.64 bits per heavy atom. The van der Waals surface area contributed by atoms with Crippen LogP contribution in [0.1, 0.15) is 12.5 Å². The molecule has 0 unspecified atom stereocenters. The molecule has 0 saturated carbocycles. The van der Waals surface area contributed by atoms with Gasteiger partial charge < -0.3 is 25.2 Å². The highest BCUT2D eigenvalue weighted by molar-refractivity contribution is 5.89. The Hall–Kier alpha value is -3.22. The minimum Gasteiger partial charge on any atom is -0.490 e. The number of carboxylic acids is 1. The average Bonchev–Trinajstić information content (AvgIpc) is 2.58. The van der Waals surface area contributed by atoms with Crippen molar-refractivity contribution in [1.29, 1.82) is 0 Å². The summed E-state index contributed by atoms with van der Waals surface area (Å²) in [5.41, 5.74) is 1.22. The number of urea groups is 1. The van der Waals surface area contributed by atoms with Gasteiger partial charge in [-0.15, -0.1) is 0 Å². The highest BCUT2D eigenvalue weighted by Gasteiger charge is 2.06. The van der Waals surface area contributed by atoms with E-state index in [1.165, 1.54) is 0 Å². The molecule has 132 valence electrons. The zero-order valence-corrected chi connectivity index (χ0v) is 13.8. The van der Waals surface area contributed by atoms with E-state index in [0.29, 0.717) is 29.4 Å². The molecule has 25 heavy (non-hydrogen) atoms. The minimum atomic E-state index is -0.900.